The molecule has 5 nitrogen and oxygen atoms in total. The molecule has 0 saturated carbocycles. The molecule has 0 amide bonds. The molecule has 0 radical (unpaired) electrons. The van der Waals surface area contributed by atoms with Gasteiger partial charge in [-0.25, -0.2) is 0 Å². The van der Waals surface area contributed by atoms with Crippen molar-refractivity contribution in [2.45, 2.75) is 52.5 Å². The molecule has 1 aromatic heterocycles. The maximum Gasteiger partial charge on any atom is 0.117 e. The Morgan fingerprint density at radius 2 is 1.69 bits per heavy atom. The second-order valence-electron chi connectivity index (χ2n) is 10.3. The van der Waals surface area contributed by atoms with E-state index in [2.05, 4.69) is 58.9 Å². The van der Waals surface area contributed by atoms with Crippen molar-refractivity contribution in [1.82, 2.24) is 4.90 Å². The zero-order valence-corrected chi connectivity index (χ0v) is 22.3. The Bertz CT molecular complexity index is 956. The Kier molecular flexibility index (Phi) is 8.85. The van der Waals surface area contributed by atoms with Crippen molar-refractivity contribution in [2.24, 2.45) is 5.41 Å². The lowest BCUT2D eigenvalue weighted by Gasteiger charge is -2.39. The molecular formula is C29H42ClN3O2. The zero-order valence-electron chi connectivity index (χ0n) is 21.5. The molecular weight excluding hydrogens is 458 g/mol. The van der Waals surface area contributed by atoms with Gasteiger partial charge in [0.2, 0.25) is 0 Å². The summed E-state index contributed by atoms with van der Waals surface area (Å²) in [6.45, 7) is 13.5. The fraction of sp³-hybridized carbons (Fsp3) is 0.586. The summed E-state index contributed by atoms with van der Waals surface area (Å²) >= 11 is 0. The van der Waals surface area contributed by atoms with Gasteiger partial charge in [-0.3, -0.25) is 4.90 Å². The lowest BCUT2D eigenvalue weighted by molar-refractivity contribution is 0.122. The van der Waals surface area contributed by atoms with Crippen LogP contribution >= 0.6 is 12.4 Å². The fourth-order valence-corrected chi connectivity index (χ4v) is 5.93. The fourth-order valence-electron chi connectivity index (χ4n) is 5.93. The largest absolute Gasteiger partial charge is 0.468 e. The lowest BCUT2D eigenvalue weighted by Crippen LogP contribution is -2.46. The summed E-state index contributed by atoms with van der Waals surface area (Å²) in [6, 6.07) is 11.3. The molecule has 3 heterocycles. The number of rotatable bonds is 7. The number of anilines is 2. The van der Waals surface area contributed by atoms with Gasteiger partial charge < -0.3 is 19.0 Å². The predicted octanol–water partition coefficient (Wildman–Crippen LogP) is 6.23. The highest BCUT2D eigenvalue weighted by Crippen LogP contribution is 2.45. The van der Waals surface area contributed by atoms with Crippen LogP contribution in [0.2, 0.25) is 0 Å². The monoisotopic (exact) mass is 499 g/mol. The molecule has 2 saturated heterocycles. The van der Waals surface area contributed by atoms with Crippen LogP contribution in [-0.2, 0) is 11.3 Å². The van der Waals surface area contributed by atoms with Crippen molar-refractivity contribution >= 4 is 29.4 Å². The van der Waals surface area contributed by atoms with Crippen molar-refractivity contribution < 1.29 is 9.15 Å². The van der Waals surface area contributed by atoms with Crippen molar-refractivity contribution in [3.05, 3.63) is 54.0 Å². The Morgan fingerprint density at radius 3 is 2.31 bits per heavy atom. The minimum Gasteiger partial charge on any atom is -0.468 e. The smallest absolute Gasteiger partial charge is 0.117 e. The highest BCUT2D eigenvalue weighted by molar-refractivity contribution is 5.85. The highest BCUT2D eigenvalue weighted by atomic mass is 35.5. The third-order valence-corrected chi connectivity index (χ3v) is 8.58. The number of piperazine rings is 1. The number of hydrogen-bond donors (Lipinski definition) is 0. The number of furan rings is 1. The van der Waals surface area contributed by atoms with Gasteiger partial charge in [0, 0.05) is 56.2 Å². The number of benzene rings is 1. The van der Waals surface area contributed by atoms with Gasteiger partial charge in [0.1, 0.15) is 5.76 Å². The van der Waals surface area contributed by atoms with E-state index in [1.807, 2.05) is 6.07 Å². The molecule has 192 valence electrons. The maximum absolute atomic E-state index is 5.61. The van der Waals surface area contributed by atoms with E-state index in [-0.39, 0.29) is 12.4 Å². The lowest BCUT2D eigenvalue weighted by atomic mass is 9.70. The predicted molar refractivity (Wildman–Crippen MR) is 148 cm³/mol. The van der Waals surface area contributed by atoms with E-state index in [0.717, 1.165) is 64.8 Å². The zero-order chi connectivity index (χ0) is 23.4. The van der Waals surface area contributed by atoms with Gasteiger partial charge in [-0.2, -0.15) is 0 Å². The van der Waals surface area contributed by atoms with Crippen molar-refractivity contribution in [1.29, 1.82) is 0 Å². The number of halogens is 1. The Hall–Kier alpha value is -1.95. The molecule has 0 bridgehead atoms. The summed E-state index contributed by atoms with van der Waals surface area (Å²) in [5, 5.41) is 0. The van der Waals surface area contributed by atoms with E-state index in [0.29, 0.717) is 5.41 Å². The van der Waals surface area contributed by atoms with Gasteiger partial charge >= 0.3 is 0 Å². The summed E-state index contributed by atoms with van der Waals surface area (Å²) < 4.78 is 11.2. The SMILES string of the molecule is CCC1(CC)CC=C(c2cc(N3CCOCC3)ccc2N2CCN(Cc3ccco3)CC2)CC1.Cl. The number of morpholine rings is 1. The molecule has 2 fully saturated rings. The van der Waals surface area contributed by atoms with Gasteiger partial charge in [0.15, 0.2) is 0 Å². The van der Waals surface area contributed by atoms with Gasteiger partial charge in [0.05, 0.1) is 26.0 Å². The molecule has 0 spiro atoms. The molecule has 0 atom stereocenters. The summed E-state index contributed by atoms with van der Waals surface area (Å²) in [7, 11) is 0. The van der Waals surface area contributed by atoms with E-state index < -0.39 is 0 Å². The molecule has 0 unspecified atom stereocenters. The molecule has 6 heteroatoms. The van der Waals surface area contributed by atoms with Gasteiger partial charge in [-0.15, -0.1) is 12.4 Å². The third-order valence-electron chi connectivity index (χ3n) is 8.58. The quantitative estimate of drug-likeness (QED) is 0.450. The van der Waals surface area contributed by atoms with Crippen LogP contribution in [0.5, 0.6) is 0 Å². The van der Waals surface area contributed by atoms with Crippen LogP contribution in [0.15, 0.2) is 47.1 Å². The van der Waals surface area contributed by atoms with Crippen LogP contribution in [-0.4, -0.2) is 57.4 Å². The van der Waals surface area contributed by atoms with E-state index >= 15 is 0 Å². The van der Waals surface area contributed by atoms with Gasteiger partial charge in [-0.05, 0) is 60.6 Å². The van der Waals surface area contributed by atoms with Crippen LogP contribution in [0.3, 0.4) is 0 Å². The molecule has 0 N–H and O–H groups in total. The van der Waals surface area contributed by atoms with Crippen LogP contribution in [0.4, 0.5) is 11.4 Å². The molecule has 35 heavy (non-hydrogen) atoms. The number of hydrogen-bond acceptors (Lipinski definition) is 5. The number of ether oxygens (including phenoxy) is 1. The molecule has 5 rings (SSSR count). The van der Waals surface area contributed by atoms with Crippen LogP contribution < -0.4 is 9.80 Å². The number of nitrogens with zero attached hydrogens (tertiary/aromatic N) is 3. The standard InChI is InChI=1S/C29H41N3O2.ClH/c1-3-29(4-2)11-9-24(10-12-29)27-22-25(31-17-20-33-21-18-31)7-8-28(27)32-15-13-30(14-16-32)23-26-6-5-19-34-26;/h5-9,19,22H,3-4,10-18,20-21,23H2,1-2H3;1H. The van der Waals surface area contributed by atoms with Crippen LogP contribution in [0, 0.1) is 5.41 Å². The second-order valence-corrected chi connectivity index (χ2v) is 10.3. The summed E-state index contributed by atoms with van der Waals surface area (Å²) in [6.07, 6.45) is 10.6. The summed E-state index contributed by atoms with van der Waals surface area (Å²) in [5.41, 5.74) is 6.29. The van der Waals surface area contributed by atoms with Crippen molar-refractivity contribution in [2.75, 3.05) is 62.3 Å². The first-order valence-corrected chi connectivity index (χ1v) is 13.4. The summed E-state index contributed by atoms with van der Waals surface area (Å²) in [4.78, 5) is 7.61. The van der Waals surface area contributed by atoms with E-state index in [4.69, 9.17) is 9.15 Å². The maximum atomic E-state index is 5.61. The summed E-state index contributed by atoms with van der Waals surface area (Å²) in [5.74, 6) is 1.06. The molecule has 1 aliphatic carbocycles. The van der Waals surface area contributed by atoms with Crippen molar-refractivity contribution in [3.63, 3.8) is 0 Å². The van der Waals surface area contributed by atoms with Crippen molar-refractivity contribution in [3.8, 4) is 0 Å². The topological polar surface area (TPSA) is 32.1 Å². The van der Waals surface area contributed by atoms with Gasteiger partial charge in [-0.1, -0.05) is 32.8 Å². The first-order chi connectivity index (χ1) is 16.7. The molecule has 2 aliphatic heterocycles. The normalized spacial score (nSPS) is 20.9. The van der Waals surface area contributed by atoms with E-state index in [1.165, 1.54) is 49.0 Å². The molecule has 3 aliphatic rings. The first-order valence-electron chi connectivity index (χ1n) is 13.4. The number of allylic oxidation sites excluding steroid dienone is 2. The Labute approximate surface area is 217 Å². The second kappa shape index (κ2) is 11.9. The van der Waals surface area contributed by atoms with Crippen LogP contribution in [0.1, 0.15) is 57.3 Å². The average Bonchev–Trinajstić information content (AvgIpc) is 3.42. The van der Waals surface area contributed by atoms with Crippen LogP contribution in [0.25, 0.3) is 5.57 Å². The van der Waals surface area contributed by atoms with Gasteiger partial charge in [0.25, 0.3) is 0 Å². The first kappa shape index (κ1) is 26.1. The Balaban J connectivity index is 0.00000289. The Morgan fingerprint density at radius 1 is 0.914 bits per heavy atom. The minimum atomic E-state index is 0. The van der Waals surface area contributed by atoms with E-state index in [9.17, 15) is 0 Å². The highest BCUT2D eigenvalue weighted by Gasteiger charge is 2.30. The average molecular weight is 500 g/mol. The molecule has 2 aromatic rings. The molecule has 1 aromatic carbocycles. The van der Waals surface area contributed by atoms with E-state index in [1.54, 1.807) is 11.8 Å². The minimum absolute atomic E-state index is 0. The third kappa shape index (κ3) is 5.90.